The summed E-state index contributed by atoms with van der Waals surface area (Å²) in [4.78, 5) is 14.1. The van der Waals surface area contributed by atoms with Crippen LogP contribution in [0.2, 0.25) is 0 Å². The van der Waals surface area contributed by atoms with Crippen LogP contribution in [-0.4, -0.2) is 17.9 Å². The van der Waals surface area contributed by atoms with Crippen LogP contribution in [0.4, 0.5) is 0 Å². The first-order chi connectivity index (χ1) is 9.58. The molecule has 0 radical (unpaired) electrons. The molecule has 0 saturated carbocycles. The summed E-state index contributed by atoms with van der Waals surface area (Å²) in [7, 11) is 1.85. The van der Waals surface area contributed by atoms with Crippen molar-refractivity contribution in [3.8, 4) is 0 Å². The summed E-state index contributed by atoms with van der Waals surface area (Å²) in [6, 6.07) is 16.0. The molecule has 20 heavy (non-hydrogen) atoms. The number of rotatable bonds is 4. The minimum Gasteiger partial charge on any atom is -0.341 e. The van der Waals surface area contributed by atoms with Gasteiger partial charge in [-0.25, -0.2) is 0 Å². The van der Waals surface area contributed by atoms with Crippen LogP contribution in [0.25, 0.3) is 0 Å². The van der Waals surface area contributed by atoms with E-state index in [0.29, 0.717) is 13.0 Å². The Labute approximate surface area is 128 Å². The predicted molar refractivity (Wildman–Crippen MR) is 85.5 cm³/mol. The standard InChI is InChI=1S/C17H18BrNO/c1-13-7-3-4-8-14(13)11-17(20)19(2)12-15-9-5-6-10-16(15)18/h3-10H,11-12H2,1-2H3. The van der Waals surface area contributed by atoms with E-state index in [-0.39, 0.29) is 5.91 Å². The van der Waals surface area contributed by atoms with Crippen LogP contribution in [0, 0.1) is 6.92 Å². The highest BCUT2D eigenvalue weighted by Crippen LogP contribution is 2.18. The van der Waals surface area contributed by atoms with Gasteiger partial charge in [0.1, 0.15) is 0 Å². The van der Waals surface area contributed by atoms with Crippen molar-refractivity contribution in [2.75, 3.05) is 7.05 Å². The van der Waals surface area contributed by atoms with Gasteiger partial charge in [-0.1, -0.05) is 58.4 Å². The number of hydrogen-bond acceptors (Lipinski definition) is 1. The van der Waals surface area contributed by atoms with E-state index in [0.717, 1.165) is 21.2 Å². The van der Waals surface area contributed by atoms with Gasteiger partial charge in [-0.2, -0.15) is 0 Å². The topological polar surface area (TPSA) is 20.3 Å². The summed E-state index contributed by atoms with van der Waals surface area (Å²) in [5.41, 5.74) is 3.37. The van der Waals surface area contributed by atoms with Crippen molar-refractivity contribution in [1.82, 2.24) is 4.90 Å². The Kier molecular flexibility index (Phi) is 4.96. The molecule has 2 rings (SSSR count). The Hall–Kier alpha value is -1.61. The Morgan fingerprint density at radius 1 is 1.05 bits per heavy atom. The lowest BCUT2D eigenvalue weighted by Crippen LogP contribution is -2.28. The summed E-state index contributed by atoms with van der Waals surface area (Å²) in [5.74, 6) is 0.134. The van der Waals surface area contributed by atoms with Crippen LogP contribution >= 0.6 is 15.9 Å². The molecule has 3 heteroatoms. The Bertz CT molecular complexity index is 609. The van der Waals surface area contributed by atoms with E-state index in [2.05, 4.69) is 15.9 Å². The van der Waals surface area contributed by atoms with Crippen LogP contribution in [0.5, 0.6) is 0 Å². The molecule has 0 heterocycles. The summed E-state index contributed by atoms with van der Waals surface area (Å²) < 4.78 is 1.04. The van der Waals surface area contributed by atoms with Crippen molar-refractivity contribution in [2.45, 2.75) is 19.9 Å². The lowest BCUT2D eigenvalue weighted by molar-refractivity contribution is -0.129. The normalized spacial score (nSPS) is 10.3. The Morgan fingerprint density at radius 3 is 2.30 bits per heavy atom. The lowest BCUT2D eigenvalue weighted by atomic mass is 10.1. The number of likely N-dealkylation sites (N-methyl/N-ethyl adjacent to an activating group) is 1. The van der Waals surface area contributed by atoms with Gasteiger partial charge in [-0.15, -0.1) is 0 Å². The second-order valence-electron chi connectivity index (χ2n) is 4.94. The third kappa shape index (κ3) is 3.70. The second-order valence-corrected chi connectivity index (χ2v) is 5.80. The molecule has 0 fully saturated rings. The first kappa shape index (κ1) is 14.8. The molecular formula is C17H18BrNO. The molecule has 104 valence electrons. The smallest absolute Gasteiger partial charge is 0.227 e. The molecule has 0 aliphatic rings. The van der Waals surface area contributed by atoms with Crippen molar-refractivity contribution in [2.24, 2.45) is 0 Å². The van der Waals surface area contributed by atoms with Crippen molar-refractivity contribution in [3.05, 3.63) is 69.7 Å². The van der Waals surface area contributed by atoms with E-state index in [1.165, 1.54) is 0 Å². The zero-order valence-corrected chi connectivity index (χ0v) is 13.4. The fraction of sp³-hybridized carbons (Fsp3) is 0.235. The summed E-state index contributed by atoms with van der Waals surface area (Å²) >= 11 is 3.51. The van der Waals surface area contributed by atoms with Gasteiger partial charge in [0.05, 0.1) is 6.42 Å². The van der Waals surface area contributed by atoms with Crippen molar-refractivity contribution in [1.29, 1.82) is 0 Å². The molecule has 0 atom stereocenters. The molecule has 0 bridgehead atoms. The van der Waals surface area contributed by atoms with Gasteiger partial charge in [0.25, 0.3) is 0 Å². The van der Waals surface area contributed by atoms with Gasteiger partial charge >= 0.3 is 0 Å². The average molecular weight is 332 g/mol. The molecule has 0 aromatic heterocycles. The summed E-state index contributed by atoms with van der Waals surface area (Å²) in [6.07, 6.45) is 0.452. The van der Waals surface area contributed by atoms with E-state index in [1.807, 2.05) is 62.5 Å². The van der Waals surface area contributed by atoms with Crippen LogP contribution < -0.4 is 0 Å². The molecule has 0 saturated heterocycles. The molecule has 0 unspecified atom stereocenters. The number of aryl methyl sites for hydroxylation is 1. The molecule has 1 amide bonds. The molecule has 0 spiro atoms. The van der Waals surface area contributed by atoms with Gasteiger partial charge < -0.3 is 4.90 Å². The van der Waals surface area contributed by atoms with Crippen molar-refractivity contribution >= 4 is 21.8 Å². The van der Waals surface area contributed by atoms with E-state index >= 15 is 0 Å². The maximum Gasteiger partial charge on any atom is 0.227 e. The second kappa shape index (κ2) is 6.71. The van der Waals surface area contributed by atoms with E-state index in [9.17, 15) is 4.79 Å². The first-order valence-electron chi connectivity index (χ1n) is 6.60. The molecule has 2 aromatic rings. The molecule has 0 aliphatic heterocycles. The number of benzene rings is 2. The van der Waals surface area contributed by atoms with E-state index < -0.39 is 0 Å². The number of carbonyl (C=O) groups is 1. The van der Waals surface area contributed by atoms with Crippen LogP contribution in [0.1, 0.15) is 16.7 Å². The van der Waals surface area contributed by atoms with Crippen LogP contribution in [0.3, 0.4) is 0 Å². The van der Waals surface area contributed by atoms with Gasteiger partial charge in [0.2, 0.25) is 5.91 Å². The van der Waals surface area contributed by atoms with Crippen molar-refractivity contribution in [3.63, 3.8) is 0 Å². The van der Waals surface area contributed by atoms with Gasteiger partial charge in [-0.05, 0) is 29.7 Å². The maximum atomic E-state index is 12.3. The minimum absolute atomic E-state index is 0.134. The lowest BCUT2D eigenvalue weighted by Gasteiger charge is -2.18. The largest absolute Gasteiger partial charge is 0.341 e. The number of hydrogen-bond donors (Lipinski definition) is 0. The van der Waals surface area contributed by atoms with Gasteiger partial charge in [0.15, 0.2) is 0 Å². The number of halogens is 1. The average Bonchev–Trinajstić information content (AvgIpc) is 2.43. The predicted octanol–water partition coefficient (Wildman–Crippen LogP) is 3.96. The minimum atomic E-state index is 0.134. The number of carbonyl (C=O) groups excluding carboxylic acids is 1. The monoisotopic (exact) mass is 331 g/mol. The zero-order chi connectivity index (χ0) is 14.5. The molecule has 0 N–H and O–H groups in total. The zero-order valence-electron chi connectivity index (χ0n) is 11.8. The molecular weight excluding hydrogens is 314 g/mol. The van der Waals surface area contributed by atoms with E-state index in [4.69, 9.17) is 0 Å². The molecule has 0 aliphatic carbocycles. The van der Waals surface area contributed by atoms with Crippen LogP contribution in [-0.2, 0) is 17.8 Å². The molecule has 2 nitrogen and oxygen atoms in total. The number of nitrogens with zero attached hydrogens (tertiary/aromatic N) is 1. The van der Waals surface area contributed by atoms with Crippen molar-refractivity contribution < 1.29 is 4.79 Å². The van der Waals surface area contributed by atoms with Gasteiger partial charge in [0, 0.05) is 18.1 Å². The highest BCUT2D eigenvalue weighted by atomic mass is 79.9. The Balaban J connectivity index is 2.03. The highest BCUT2D eigenvalue weighted by Gasteiger charge is 2.12. The quantitative estimate of drug-likeness (QED) is 0.830. The number of amides is 1. The highest BCUT2D eigenvalue weighted by molar-refractivity contribution is 9.10. The van der Waals surface area contributed by atoms with Gasteiger partial charge in [-0.3, -0.25) is 4.79 Å². The third-order valence-electron chi connectivity index (χ3n) is 3.39. The molecule has 2 aromatic carbocycles. The first-order valence-corrected chi connectivity index (χ1v) is 7.39. The maximum absolute atomic E-state index is 12.3. The summed E-state index contributed by atoms with van der Waals surface area (Å²) in [6.45, 7) is 2.66. The third-order valence-corrected chi connectivity index (χ3v) is 4.17. The Morgan fingerprint density at radius 2 is 1.65 bits per heavy atom. The summed E-state index contributed by atoms with van der Waals surface area (Å²) in [5, 5.41) is 0. The van der Waals surface area contributed by atoms with E-state index in [1.54, 1.807) is 4.90 Å². The fourth-order valence-corrected chi connectivity index (χ4v) is 2.49. The SMILES string of the molecule is Cc1ccccc1CC(=O)N(C)Cc1ccccc1Br. The van der Waals surface area contributed by atoms with Crippen LogP contribution in [0.15, 0.2) is 53.0 Å². The fourth-order valence-electron chi connectivity index (χ4n) is 2.08.